The highest BCUT2D eigenvalue weighted by molar-refractivity contribution is 5.79. The number of quaternary nitrogens is 1. The Balaban J connectivity index is 2.00. The summed E-state index contributed by atoms with van der Waals surface area (Å²) in [4.78, 5) is 17.6. The molecule has 2 N–H and O–H groups in total. The van der Waals surface area contributed by atoms with Crippen LogP contribution in [0.4, 0.5) is 0 Å². The number of likely N-dealkylation sites (tertiary alicyclic amines) is 1. The summed E-state index contributed by atoms with van der Waals surface area (Å²) >= 11 is 0. The van der Waals surface area contributed by atoms with Crippen LogP contribution >= 0.6 is 0 Å². The van der Waals surface area contributed by atoms with Gasteiger partial charge in [-0.3, -0.25) is 4.79 Å². The normalized spacial score (nSPS) is 23.1. The summed E-state index contributed by atoms with van der Waals surface area (Å²) in [5.74, 6) is 0. The predicted molar refractivity (Wildman–Crippen MR) is 82.2 cm³/mol. The van der Waals surface area contributed by atoms with E-state index in [0.29, 0.717) is 6.04 Å². The molecule has 106 valence electrons. The van der Waals surface area contributed by atoms with Gasteiger partial charge in [-0.1, -0.05) is 12.1 Å². The summed E-state index contributed by atoms with van der Waals surface area (Å²) in [6.45, 7) is 6.37. The fourth-order valence-corrected chi connectivity index (χ4v) is 3.36. The van der Waals surface area contributed by atoms with Crippen molar-refractivity contribution in [3.63, 3.8) is 0 Å². The molecule has 1 aromatic carbocycles. The lowest BCUT2D eigenvalue weighted by Gasteiger charge is -2.30. The fourth-order valence-electron chi connectivity index (χ4n) is 3.36. The smallest absolute Gasteiger partial charge is 0.198 e. The quantitative estimate of drug-likeness (QED) is 0.858. The van der Waals surface area contributed by atoms with Gasteiger partial charge in [0.15, 0.2) is 5.43 Å². The number of para-hydroxylation sites is 1. The number of aromatic amines is 1. The number of pyridine rings is 1. The molecule has 3 heteroatoms. The van der Waals surface area contributed by atoms with Crippen LogP contribution in [-0.2, 0) is 6.54 Å². The Morgan fingerprint density at radius 1 is 1.30 bits per heavy atom. The molecule has 0 aliphatic carbocycles. The zero-order chi connectivity index (χ0) is 14.1. The summed E-state index contributed by atoms with van der Waals surface area (Å²) in [7, 11) is 0. The van der Waals surface area contributed by atoms with Crippen LogP contribution in [0.5, 0.6) is 0 Å². The number of H-pyrrole nitrogens is 1. The topological polar surface area (TPSA) is 37.3 Å². The van der Waals surface area contributed by atoms with E-state index in [1.807, 2.05) is 31.2 Å². The molecule has 1 fully saturated rings. The van der Waals surface area contributed by atoms with Crippen molar-refractivity contribution in [1.82, 2.24) is 4.98 Å². The fraction of sp³-hybridized carbons (Fsp3) is 0.471. The monoisotopic (exact) mass is 271 g/mol. The Labute approximate surface area is 119 Å². The van der Waals surface area contributed by atoms with Crippen LogP contribution in [0.3, 0.4) is 0 Å². The van der Waals surface area contributed by atoms with Crippen molar-refractivity contribution in [3.8, 4) is 0 Å². The molecule has 0 radical (unpaired) electrons. The van der Waals surface area contributed by atoms with Crippen LogP contribution < -0.4 is 10.3 Å². The van der Waals surface area contributed by atoms with Crippen LogP contribution in [0.1, 0.15) is 37.4 Å². The summed E-state index contributed by atoms with van der Waals surface area (Å²) in [6.07, 6.45) is 3.89. The van der Waals surface area contributed by atoms with Crippen molar-refractivity contribution in [3.05, 3.63) is 45.7 Å². The zero-order valence-corrected chi connectivity index (χ0v) is 12.3. The molecule has 3 nitrogen and oxygen atoms in total. The minimum absolute atomic E-state index is 0.210. The number of benzene rings is 1. The van der Waals surface area contributed by atoms with Crippen LogP contribution in [0.2, 0.25) is 0 Å². The molecule has 2 heterocycles. The minimum atomic E-state index is 0.210. The van der Waals surface area contributed by atoms with E-state index in [2.05, 4.69) is 11.9 Å². The maximum atomic E-state index is 12.7. The van der Waals surface area contributed by atoms with E-state index < -0.39 is 0 Å². The molecule has 2 unspecified atom stereocenters. The van der Waals surface area contributed by atoms with Crippen LogP contribution in [0.25, 0.3) is 10.9 Å². The van der Waals surface area contributed by atoms with Crippen LogP contribution in [0.15, 0.2) is 29.1 Å². The summed E-state index contributed by atoms with van der Waals surface area (Å²) in [6, 6.07) is 8.47. The summed E-state index contributed by atoms with van der Waals surface area (Å²) in [5, 5.41) is 0.817. The van der Waals surface area contributed by atoms with E-state index in [-0.39, 0.29) is 5.43 Å². The second-order valence-corrected chi connectivity index (χ2v) is 6.09. The molecule has 2 atom stereocenters. The average molecular weight is 271 g/mol. The van der Waals surface area contributed by atoms with E-state index >= 15 is 0 Å². The van der Waals surface area contributed by atoms with Crippen LogP contribution in [0, 0.1) is 6.92 Å². The number of fused-ring (bicyclic) bond motifs is 1. The first kappa shape index (κ1) is 13.4. The van der Waals surface area contributed by atoms with E-state index in [1.165, 1.54) is 25.8 Å². The first-order chi connectivity index (χ1) is 9.66. The standard InChI is InChI=1S/C17H22N2O/c1-12-7-5-6-10-19(12)11-15-13(2)18-16-9-4-3-8-14(16)17(15)20/h3-4,8-9,12H,5-7,10-11H2,1-2H3,(H,18,20)/p+1. The van der Waals surface area contributed by atoms with Gasteiger partial charge in [-0.25, -0.2) is 0 Å². The van der Waals surface area contributed by atoms with Gasteiger partial charge in [0, 0.05) is 16.6 Å². The van der Waals surface area contributed by atoms with Gasteiger partial charge in [0.1, 0.15) is 6.54 Å². The number of rotatable bonds is 2. The van der Waals surface area contributed by atoms with Gasteiger partial charge in [-0.05, 0) is 45.2 Å². The number of nitrogens with one attached hydrogen (secondary N) is 2. The van der Waals surface area contributed by atoms with Gasteiger partial charge in [0.2, 0.25) is 0 Å². The van der Waals surface area contributed by atoms with Gasteiger partial charge in [-0.2, -0.15) is 0 Å². The Morgan fingerprint density at radius 2 is 2.10 bits per heavy atom. The van der Waals surface area contributed by atoms with E-state index in [0.717, 1.165) is 28.7 Å². The van der Waals surface area contributed by atoms with Crippen molar-refractivity contribution in [2.24, 2.45) is 0 Å². The minimum Gasteiger partial charge on any atom is -0.358 e. The molecule has 0 saturated carbocycles. The summed E-state index contributed by atoms with van der Waals surface area (Å²) in [5.41, 5.74) is 3.15. The highest BCUT2D eigenvalue weighted by atomic mass is 16.1. The molecule has 2 aromatic rings. The SMILES string of the molecule is Cc1[nH]c2ccccc2c(=O)c1C[NH+]1CCCCC1C. The lowest BCUT2D eigenvalue weighted by Crippen LogP contribution is -3.15. The lowest BCUT2D eigenvalue weighted by atomic mass is 10.0. The van der Waals surface area contributed by atoms with Gasteiger partial charge in [-0.15, -0.1) is 0 Å². The van der Waals surface area contributed by atoms with E-state index in [9.17, 15) is 4.79 Å². The zero-order valence-electron chi connectivity index (χ0n) is 12.3. The third-order valence-electron chi connectivity index (χ3n) is 4.71. The number of aromatic nitrogens is 1. The van der Waals surface area contributed by atoms with E-state index in [1.54, 1.807) is 4.90 Å². The molecular weight excluding hydrogens is 248 g/mol. The number of aryl methyl sites for hydroxylation is 1. The molecule has 3 rings (SSSR count). The largest absolute Gasteiger partial charge is 0.358 e. The Hall–Kier alpha value is -1.61. The Morgan fingerprint density at radius 3 is 2.90 bits per heavy atom. The van der Waals surface area contributed by atoms with Crippen molar-refractivity contribution in [2.45, 2.75) is 45.7 Å². The molecule has 1 aliphatic rings. The highest BCUT2D eigenvalue weighted by Gasteiger charge is 2.24. The number of piperidine rings is 1. The van der Waals surface area contributed by atoms with Gasteiger partial charge >= 0.3 is 0 Å². The molecule has 1 aromatic heterocycles. The Bertz CT molecular complexity index is 674. The van der Waals surface area contributed by atoms with Crippen molar-refractivity contribution in [1.29, 1.82) is 0 Å². The molecule has 1 aliphatic heterocycles. The molecule has 20 heavy (non-hydrogen) atoms. The summed E-state index contributed by atoms with van der Waals surface area (Å²) < 4.78 is 0. The third kappa shape index (κ3) is 2.38. The molecule has 0 bridgehead atoms. The first-order valence-electron chi connectivity index (χ1n) is 7.62. The number of hydrogen-bond donors (Lipinski definition) is 2. The molecular formula is C17H23N2O+. The van der Waals surface area contributed by atoms with Gasteiger partial charge in [0.05, 0.1) is 18.2 Å². The molecule has 0 spiro atoms. The third-order valence-corrected chi connectivity index (χ3v) is 4.71. The predicted octanol–water partition coefficient (Wildman–Crippen LogP) is 1.79. The molecule has 0 amide bonds. The lowest BCUT2D eigenvalue weighted by molar-refractivity contribution is -0.942. The maximum Gasteiger partial charge on any atom is 0.198 e. The average Bonchev–Trinajstić information content (AvgIpc) is 2.45. The second kappa shape index (κ2) is 5.41. The first-order valence-corrected chi connectivity index (χ1v) is 7.62. The Kier molecular flexibility index (Phi) is 3.62. The van der Waals surface area contributed by atoms with Crippen molar-refractivity contribution < 1.29 is 4.90 Å². The highest BCUT2D eigenvalue weighted by Crippen LogP contribution is 2.11. The van der Waals surface area contributed by atoms with Gasteiger partial charge < -0.3 is 9.88 Å². The van der Waals surface area contributed by atoms with Crippen LogP contribution in [-0.4, -0.2) is 17.6 Å². The second-order valence-electron chi connectivity index (χ2n) is 6.09. The van der Waals surface area contributed by atoms with Crippen molar-refractivity contribution in [2.75, 3.05) is 6.54 Å². The number of hydrogen-bond acceptors (Lipinski definition) is 1. The maximum absolute atomic E-state index is 12.7. The van der Waals surface area contributed by atoms with Gasteiger partial charge in [0.25, 0.3) is 0 Å². The van der Waals surface area contributed by atoms with Crippen molar-refractivity contribution >= 4 is 10.9 Å². The van der Waals surface area contributed by atoms with E-state index in [4.69, 9.17) is 0 Å². The molecule has 1 saturated heterocycles.